The van der Waals surface area contributed by atoms with E-state index in [-0.39, 0.29) is 0 Å². The first-order valence-corrected chi connectivity index (χ1v) is 7.38. The number of nitrogens with one attached hydrogen (secondary N) is 2. The van der Waals surface area contributed by atoms with Crippen LogP contribution < -0.4 is 10.6 Å². The van der Waals surface area contributed by atoms with Crippen LogP contribution in [0, 0.1) is 5.92 Å². The van der Waals surface area contributed by atoms with Gasteiger partial charge in [-0.2, -0.15) is 11.8 Å². The molecule has 4 heteroatoms. The third kappa shape index (κ3) is 5.07. The van der Waals surface area contributed by atoms with E-state index in [1.807, 2.05) is 11.8 Å². The van der Waals surface area contributed by atoms with Crippen LogP contribution in [0.4, 0.5) is 0 Å². The van der Waals surface area contributed by atoms with Crippen LogP contribution in [0.25, 0.3) is 0 Å². The Bertz CT molecular complexity index is 207. The molecule has 1 aliphatic carbocycles. The lowest BCUT2D eigenvalue weighted by molar-refractivity contribution is 0.590. The molecule has 1 saturated carbocycles. The third-order valence-corrected chi connectivity index (χ3v) is 4.08. The zero-order valence-electron chi connectivity index (χ0n) is 9.88. The van der Waals surface area contributed by atoms with Crippen LogP contribution in [0.5, 0.6) is 0 Å². The SMILES string of the molecule is CSC1CCC(NC(=S)NCC(C)C)C1. The molecule has 0 aromatic rings. The normalized spacial score (nSPS) is 25.6. The Morgan fingerprint density at radius 3 is 2.73 bits per heavy atom. The van der Waals surface area contributed by atoms with E-state index < -0.39 is 0 Å². The Morgan fingerprint density at radius 2 is 2.20 bits per heavy atom. The minimum Gasteiger partial charge on any atom is -0.362 e. The van der Waals surface area contributed by atoms with Crippen LogP contribution in [0.15, 0.2) is 0 Å². The van der Waals surface area contributed by atoms with Crippen molar-refractivity contribution in [2.45, 2.75) is 44.4 Å². The van der Waals surface area contributed by atoms with E-state index in [9.17, 15) is 0 Å². The molecular weight excluding hydrogens is 224 g/mol. The summed E-state index contributed by atoms with van der Waals surface area (Å²) in [4.78, 5) is 0. The average molecular weight is 246 g/mol. The molecule has 0 bridgehead atoms. The van der Waals surface area contributed by atoms with Crippen molar-refractivity contribution < 1.29 is 0 Å². The van der Waals surface area contributed by atoms with Gasteiger partial charge < -0.3 is 10.6 Å². The number of rotatable bonds is 4. The summed E-state index contributed by atoms with van der Waals surface area (Å²) in [6, 6.07) is 0.592. The molecule has 2 unspecified atom stereocenters. The van der Waals surface area contributed by atoms with Gasteiger partial charge in [0.15, 0.2) is 5.11 Å². The summed E-state index contributed by atoms with van der Waals surface area (Å²) < 4.78 is 0. The van der Waals surface area contributed by atoms with Crippen LogP contribution in [-0.4, -0.2) is 29.2 Å². The van der Waals surface area contributed by atoms with Crippen LogP contribution >= 0.6 is 24.0 Å². The maximum atomic E-state index is 5.25. The number of thioether (sulfide) groups is 1. The Hall–Kier alpha value is 0.0400. The molecule has 0 radical (unpaired) electrons. The minimum absolute atomic E-state index is 0.592. The Morgan fingerprint density at radius 1 is 1.47 bits per heavy atom. The van der Waals surface area contributed by atoms with Gasteiger partial charge in [0.2, 0.25) is 0 Å². The lowest BCUT2D eigenvalue weighted by Crippen LogP contribution is -2.42. The lowest BCUT2D eigenvalue weighted by atomic mass is 10.2. The van der Waals surface area contributed by atoms with Crippen molar-refractivity contribution in [2.75, 3.05) is 12.8 Å². The second-order valence-electron chi connectivity index (χ2n) is 4.62. The minimum atomic E-state index is 0.592. The summed E-state index contributed by atoms with van der Waals surface area (Å²) in [5, 5.41) is 8.32. The number of thiocarbonyl (C=S) groups is 1. The maximum absolute atomic E-state index is 5.25. The molecule has 1 fully saturated rings. The summed E-state index contributed by atoms with van der Waals surface area (Å²) in [7, 11) is 0. The Balaban J connectivity index is 2.16. The highest BCUT2D eigenvalue weighted by Gasteiger charge is 2.24. The second kappa shape index (κ2) is 6.59. The predicted molar refractivity (Wildman–Crippen MR) is 73.5 cm³/mol. The highest BCUT2D eigenvalue weighted by atomic mass is 32.2. The number of hydrogen-bond donors (Lipinski definition) is 2. The predicted octanol–water partition coefficient (Wildman–Crippen LogP) is 2.39. The monoisotopic (exact) mass is 246 g/mol. The molecule has 1 rings (SSSR count). The van der Waals surface area contributed by atoms with Crippen molar-refractivity contribution in [3.63, 3.8) is 0 Å². The zero-order chi connectivity index (χ0) is 11.3. The van der Waals surface area contributed by atoms with Gasteiger partial charge in [0.05, 0.1) is 0 Å². The third-order valence-electron chi connectivity index (χ3n) is 2.72. The van der Waals surface area contributed by atoms with Crippen LogP contribution in [0.2, 0.25) is 0 Å². The second-order valence-corrected chi connectivity index (χ2v) is 6.16. The average Bonchev–Trinajstić information content (AvgIpc) is 2.62. The van der Waals surface area contributed by atoms with Gasteiger partial charge in [-0.1, -0.05) is 13.8 Å². The van der Waals surface area contributed by atoms with Crippen molar-refractivity contribution in [3.8, 4) is 0 Å². The molecule has 15 heavy (non-hydrogen) atoms. The van der Waals surface area contributed by atoms with Gasteiger partial charge in [-0.05, 0) is 43.7 Å². The molecule has 0 aromatic heterocycles. The molecule has 0 spiro atoms. The summed E-state index contributed by atoms with van der Waals surface area (Å²) in [6.45, 7) is 5.34. The molecule has 2 atom stereocenters. The van der Waals surface area contributed by atoms with Gasteiger partial charge in [0, 0.05) is 17.8 Å². The van der Waals surface area contributed by atoms with Crippen molar-refractivity contribution in [1.82, 2.24) is 10.6 Å². The first kappa shape index (κ1) is 13.1. The van der Waals surface area contributed by atoms with Gasteiger partial charge >= 0.3 is 0 Å². The quantitative estimate of drug-likeness (QED) is 0.744. The fraction of sp³-hybridized carbons (Fsp3) is 0.909. The van der Waals surface area contributed by atoms with Crippen LogP contribution in [-0.2, 0) is 0 Å². The molecule has 0 aromatic carbocycles. The maximum Gasteiger partial charge on any atom is 0.166 e. The van der Waals surface area contributed by atoms with Gasteiger partial charge in [0.25, 0.3) is 0 Å². The van der Waals surface area contributed by atoms with E-state index in [4.69, 9.17) is 12.2 Å². The smallest absolute Gasteiger partial charge is 0.166 e. The standard InChI is InChI=1S/C11H22N2S2/c1-8(2)7-12-11(14)13-9-4-5-10(6-9)15-3/h8-10H,4-7H2,1-3H3,(H2,12,13,14). The Labute approximate surface area is 103 Å². The van der Waals surface area contributed by atoms with Gasteiger partial charge in [-0.15, -0.1) is 0 Å². The van der Waals surface area contributed by atoms with Crippen LogP contribution in [0.3, 0.4) is 0 Å². The first-order valence-electron chi connectivity index (χ1n) is 5.69. The number of hydrogen-bond acceptors (Lipinski definition) is 2. The van der Waals surface area contributed by atoms with Gasteiger partial charge in [-0.3, -0.25) is 0 Å². The van der Waals surface area contributed by atoms with Crippen molar-refractivity contribution in [3.05, 3.63) is 0 Å². The van der Waals surface area contributed by atoms with Crippen molar-refractivity contribution >= 4 is 29.1 Å². The fourth-order valence-electron chi connectivity index (χ4n) is 1.82. The van der Waals surface area contributed by atoms with E-state index in [0.29, 0.717) is 12.0 Å². The van der Waals surface area contributed by atoms with E-state index in [1.165, 1.54) is 19.3 Å². The largest absolute Gasteiger partial charge is 0.362 e. The molecule has 0 heterocycles. The molecule has 0 saturated heterocycles. The summed E-state index contributed by atoms with van der Waals surface area (Å²) in [6.07, 6.45) is 6.04. The van der Waals surface area contributed by atoms with E-state index >= 15 is 0 Å². The Kier molecular flexibility index (Phi) is 5.75. The topological polar surface area (TPSA) is 24.1 Å². The van der Waals surface area contributed by atoms with Crippen LogP contribution in [0.1, 0.15) is 33.1 Å². The molecular formula is C11H22N2S2. The van der Waals surface area contributed by atoms with E-state index in [0.717, 1.165) is 16.9 Å². The van der Waals surface area contributed by atoms with Gasteiger partial charge in [0.1, 0.15) is 0 Å². The molecule has 2 N–H and O–H groups in total. The van der Waals surface area contributed by atoms with E-state index in [2.05, 4.69) is 30.7 Å². The molecule has 2 nitrogen and oxygen atoms in total. The van der Waals surface area contributed by atoms with E-state index in [1.54, 1.807) is 0 Å². The lowest BCUT2D eigenvalue weighted by Gasteiger charge is -2.17. The molecule has 1 aliphatic rings. The van der Waals surface area contributed by atoms with Crippen molar-refractivity contribution in [1.29, 1.82) is 0 Å². The van der Waals surface area contributed by atoms with Gasteiger partial charge in [-0.25, -0.2) is 0 Å². The highest BCUT2D eigenvalue weighted by Crippen LogP contribution is 2.27. The molecule has 0 amide bonds. The highest BCUT2D eigenvalue weighted by molar-refractivity contribution is 7.99. The summed E-state index contributed by atoms with van der Waals surface area (Å²) >= 11 is 7.23. The van der Waals surface area contributed by atoms with Crippen molar-refractivity contribution in [2.24, 2.45) is 5.92 Å². The fourth-order valence-corrected chi connectivity index (χ4v) is 2.87. The zero-order valence-corrected chi connectivity index (χ0v) is 11.5. The summed E-state index contributed by atoms with van der Waals surface area (Å²) in [5.74, 6) is 0.646. The molecule has 0 aliphatic heterocycles. The molecule has 88 valence electrons. The first-order chi connectivity index (χ1) is 7.11. The summed E-state index contributed by atoms with van der Waals surface area (Å²) in [5.41, 5.74) is 0.